The van der Waals surface area contributed by atoms with Gasteiger partial charge in [-0.1, -0.05) is 208 Å². The molecule has 1 heteroatoms. The molecule has 0 N–H and O–H groups in total. The van der Waals surface area contributed by atoms with Gasteiger partial charge in [-0.25, -0.2) is 0 Å². The van der Waals surface area contributed by atoms with Gasteiger partial charge in [-0.2, -0.15) is 0 Å². The Labute approximate surface area is 381 Å². The molecule has 0 heterocycles. The topological polar surface area (TPSA) is 3.24 Å². The second-order valence-corrected chi connectivity index (χ2v) is 17.0. The molecule has 0 fully saturated rings. The van der Waals surface area contributed by atoms with Crippen LogP contribution in [0.2, 0.25) is 0 Å². The summed E-state index contributed by atoms with van der Waals surface area (Å²) in [4.78, 5) is 1.48. The zero-order valence-electron chi connectivity index (χ0n) is 42.8. The molecule has 0 radical (unpaired) electrons. The van der Waals surface area contributed by atoms with Crippen LogP contribution >= 0.6 is 0 Å². The van der Waals surface area contributed by atoms with E-state index in [1.165, 1.54) is 4.90 Å². The van der Waals surface area contributed by atoms with Crippen molar-refractivity contribution in [2.24, 2.45) is 0 Å². The Balaban J connectivity index is 1.17. The predicted molar refractivity (Wildman–Crippen MR) is 264 cm³/mol. The van der Waals surface area contributed by atoms with Crippen molar-refractivity contribution in [2.75, 3.05) is 4.90 Å². The van der Waals surface area contributed by atoms with E-state index in [1.807, 2.05) is 140 Å². The van der Waals surface area contributed by atoms with Gasteiger partial charge in [-0.15, -0.1) is 0 Å². The fourth-order valence-corrected chi connectivity index (χ4v) is 10.5. The van der Waals surface area contributed by atoms with E-state index in [9.17, 15) is 11.0 Å². The van der Waals surface area contributed by atoms with Crippen molar-refractivity contribution in [2.45, 2.75) is 24.7 Å². The largest absolute Gasteiger partial charge is 0.310 e. The lowest BCUT2D eigenvalue weighted by molar-refractivity contribution is 0.662. The van der Waals surface area contributed by atoms with Gasteiger partial charge in [0.15, 0.2) is 0 Å². The quantitative estimate of drug-likeness (QED) is 0.155. The van der Waals surface area contributed by atoms with Crippen LogP contribution in [0.5, 0.6) is 0 Å². The summed E-state index contributed by atoms with van der Waals surface area (Å²) in [6.07, 6.45) is 0. The highest BCUT2D eigenvalue weighted by atomic mass is 15.1. The summed E-state index contributed by atoms with van der Waals surface area (Å²) in [6.45, 7) is 4.25. The number of rotatable bonds is 7. The average Bonchev–Trinajstić information content (AvgIpc) is 3.83. The fourth-order valence-electron chi connectivity index (χ4n) is 10.5. The monoisotopic (exact) mass is 811 g/mol. The number of anilines is 3. The van der Waals surface area contributed by atoms with E-state index >= 15 is 0 Å². The summed E-state index contributed by atoms with van der Waals surface area (Å²) >= 11 is 0. The van der Waals surface area contributed by atoms with Crippen LogP contribution in [0.15, 0.2) is 236 Å². The van der Waals surface area contributed by atoms with Crippen molar-refractivity contribution in [3.05, 3.63) is 270 Å². The molecule has 0 atom stereocenters. The number of hydrogen-bond acceptors (Lipinski definition) is 1. The summed E-state index contributed by atoms with van der Waals surface area (Å²) in [6, 6.07) is 59.3. The zero-order chi connectivity index (χ0) is 49.1. The van der Waals surface area contributed by atoms with Gasteiger partial charge in [0.05, 0.1) is 16.4 Å². The maximum absolute atomic E-state index is 10.1. The third-order valence-electron chi connectivity index (χ3n) is 13.3. The zero-order valence-corrected chi connectivity index (χ0v) is 34.8. The normalized spacial score (nSPS) is 15.6. The lowest BCUT2D eigenvalue weighted by atomic mass is 9.67. The number of nitrogens with zero attached hydrogens (tertiary/aromatic N) is 1. The average molecular weight is 812 g/mol. The smallest absolute Gasteiger partial charge is 0.0714 e. The van der Waals surface area contributed by atoms with Gasteiger partial charge in [0.1, 0.15) is 0 Å². The van der Waals surface area contributed by atoms with Crippen LogP contribution in [0.1, 0.15) is 58.2 Å². The molecule has 0 amide bonds. The first-order valence-corrected chi connectivity index (χ1v) is 21.4. The number of hydrogen-bond donors (Lipinski definition) is 0. The molecule has 10 aromatic rings. The minimum atomic E-state index is -0.873. The van der Waals surface area contributed by atoms with Crippen molar-refractivity contribution in [1.29, 1.82) is 0 Å². The van der Waals surface area contributed by atoms with Crippen molar-refractivity contribution < 1.29 is 11.0 Å². The van der Waals surface area contributed by atoms with E-state index in [1.54, 1.807) is 0 Å². The highest BCUT2D eigenvalue weighted by molar-refractivity contribution is 5.93. The Morgan fingerprint density at radius 1 is 0.381 bits per heavy atom. The van der Waals surface area contributed by atoms with Crippen molar-refractivity contribution in [3.8, 4) is 44.5 Å². The molecule has 10 aromatic carbocycles. The Morgan fingerprint density at radius 3 is 1.73 bits per heavy atom. The Bertz CT molecular complexity index is 3780. The van der Waals surface area contributed by atoms with Gasteiger partial charge in [-0.3, -0.25) is 0 Å². The second-order valence-electron chi connectivity index (χ2n) is 17.0. The molecule has 2 aliphatic rings. The first kappa shape index (κ1) is 29.5. The Morgan fingerprint density at radius 2 is 0.984 bits per heavy atom. The van der Waals surface area contributed by atoms with E-state index in [4.69, 9.17) is 0 Å². The van der Waals surface area contributed by atoms with Crippen LogP contribution in [-0.4, -0.2) is 0 Å². The lowest BCUT2D eigenvalue weighted by Crippen LogP contribution is -2.28. The van der Waals surface area contributed by atoms with Crippen molar-refractivity contribution in [1.82, 2.24) is 0 Å². The highest BCUT2D eigenvalue weighted by Crippen LogP contribution is 2.58. The predicted octanol–water partition coefficient (Wildman–Crippen LogP) is 16.3. The fraction of sp³-hybridized carbons (Fsp3) is 0.0645. The summed E-state index contributed by atoms with van der Waals surface area (Å²) in [5.74, 6) is 0. The van der Waals surface area contributed by atoms with Crippen LogP contribution in [0, 0.1) is 0 Å². The summed E-state index contributed by atoms with van der Waals surface area (Å²) in [7, 11) is 0. The molecule has 298 valence electrons. The van der Waals surface area contributed by atoms with E-state index < -0.39 is 22.9 Å². The number of benzene rings is 10. The summed E-state index contributed by atoms with van der Waals surface area (Å²) in [5, 5.41) is 1.83. The van der Waals surface area contributed by atoms with E-state index in [-0.39, 0.29) is 58.8 Å². The molecular weight excluding hydrogens is 759 g/mol. The Kier molecular flexibility index (Phi) is 6.76. The molecule has 0 aromatic heterocycles. The SMILES string of the molecule is [2H]c1c([2H])c(-c2ccc3ccccc3c2)c([2H])c(N(c2ccc3c(c2)C(c2ccccc2)(c2ccccc2)c2ccccc2-3)c2c([2H])c([2H])c(-c3cccc4c3C(C)(C)c3ccccc3-4)c([2H])c2[2H])c1[2H]. The maximum atomic E-state index is 10.1. The standard InChI is InChI=1S/C62H45N/c1-61(2)57-29-13-11-26-54(57)56-28-16-27-52(60(56)61)43-33-35-49(36-34-43)63(50-24-15-19-45(40-50)46-32-31-42-17-9-10-18-44(42)39-46)51-37-38-55-53-25-12-14-30-58(53)62(59(55)41-51,47-20-5-3-6-21-47)48-22-7-4-8-23-48/h3-41H,1-2H3/i15D,19D,24D,33D,34D,35D,36D,40D. The third kappa shape index (κ3) is 5.70. The van der Waals surface area contributed by atoms with E-state index in [0.29, 0.717) is 16.8 Å². The van der Waals surface area contributed by atoms with Gasteiger partial charge < -0.3 is 4.90 Å². The van der Waals surface area contributed by atoms with Crippen LogP contribution in [-0.2, 0) is 10.8 Å². The van der Waals surface area contributed by atoms with Crippen LogP contribution < -0.4 is 4.90 Å². The van der Waals surface area contributed by atoms with Gasteiger partial charge in [0.25, 0.3) is 0 Å². The Hall–Kier alpha value is -7.74. The van der Waals surface area contributed by atoms with Crippen LogP contribution in [0.3, 0.4) is 0 Å². The molecule has 0 bridgehead atoms. The second kappa shape index (κ2) is 14.4. The maximum Gasteiger partial charge on any atom is 0.0714 e. The van der Waals surface area contributed by atoms with Gasteiger partial charge in [0, 0.05) is 22.5 Å². The summed E-state index contributed by atoms with van der Waals surface area (Å²) < 4.78 is 78.7. The van der Waals surface area contributed by atoms with Gasteiger partial charge >= 0.3 is 0 Å². The van der Waals surface area contributed by atoms with Crippen molar-refractivity contribution >= 4 is 27.8 Å². The molecule has 12 rings (SSSR count). The van der Waals surface area contributed by atoms with E-state index in [2.05, 4.69) is 62.4 Å². The molecule has 0 unspecified atom stereocenters. The molecule has 1 nitrogen and oxygen atoms in total. The van der Waals surface area contributed by atoms with Crippen molar-refractivity contribution in [3.63, 3.8) is 0 Å². The summed E-state index contributed by atoms with van der Waals surface area (Å²) in [5.41, 5.74) is 9.97. The minimum absolute atomic E-state index is 0.113. The molecular formula is C62H45N. The molecule has 0 aliphatic heterocycles. The van der Waals surface area contributed by atoms with Crippen LogP contribution in [0.4, 0.5) is 17.1 Å². The minimum Gasteiger partial charge on any atom is -0.310 e. The molecule has 0 saturated heterocycles. The molecule has 2 aliphatic carbocycles. The van der Waals surface area contributed by atoms with Gasteiger partial charge in [-0.05, 0) is 131 Å². The highest BCUT2D eigenvalue weighted by Gasteiger charge is 2.46. The molecule has 0 spiro atoms. The van der Waals surface area contributed by atoms with E-state index in [0.717, 1.165) is 66.4 Å². The molecule has 63 heavy (non-hydrogen) atoms. The number of fused-ring (bicyclic) bond motifs is 7. The van der Waals surface area contributed by atoms with Gasteiger partial charge in [0.2, 0.25) is 0 Å². The lowest BCUT2D eigenvalue weighted by Gasteiger charge is -2.35. The first-order chi connectivity index (χ1) is 34.3. The van der Waals surface area contributed by atoms with Crippen LogP contribution in [0.25, 0.3) is 55.3 Å². The third-order valence-corrected chi connectivity index (χ3v) is 13.3. The first-order valence-electron chi connectivity index (χ1n) is 25.4. The molecule has 0 saturated carbocycles.